The predicted octanol–water partition coefficient (Wildman–Crippen LogP) is 2.26. The molecule has 0 atom stereocenters. The minimum absolute atomic E-state index is 0.0577. The van der Waals surface area contributed by atoms with Gasteiger partial charge in [0.05, 0.1) is 14.7 Å². The van der Waals surface area contributed by atoms with Crippen molar-refractivity contribution in [2.75, 3.05) is 42.3 Å². The van der Waals surface area contributed by atoms with Gasteiger partial charge in [-0.2, -0.15) is 0 Å². The fourth-order valence-corrected chi connectivity index (χ4v) is 7.72. The van der Waals surface area contributed by atoms with Gasteiger partial charge in [0.1, 0.15) is 5.75 Å². The smallest absolute Gasteiger partial charge is 0.308 e. The molecule has 4 aromatic rings. The van der Waals surface area contributed by atoms with Gasteiger partial charge in [-0.15, -0.1) is 0 Å². The summed E-state index contributed by atoms with van der Waals surface area (Å²) in [6.45, 7) is 1.17. The van der Waals surface area contributed by atoms with Crippen LogP contribution in [-0.4, -0.2) is 86.4 Å². The monoisotopic (exact) mass is 581 g/mol. The lowest BCUT2D eigenvalue weighted by Gasteiger charge is -2.23. The van der Waals surface area contributed by atoms with Crippen molar-refractivity contribution in [1.82, 2.24) is 12.9 Å². The first-order chi connectivity index (χ1) is 17.4. The van der Waals surface area contributed by atoms with E-state index in [4.69, 9.17) is 4.74 Å². The molecule has 0 unspecified atom stereocenters. The Balaban J connectivity index is 2.41. The van der Waals surface area contributed by atoms with Gasteiger partial charge in [0.15, 0.2) is 0 Å². The Kier molecular flexibility index (Phi) is 6.74. The molecule has 0 aliphatic rings. The van der Waals surface area contributed by atoms with Crippen molar-refractivity contribution in [3.05, 3.63) is 36.4 Å². The normalized spacial score (nSPS) is 13.5. The van der Waals surface area contributed by atoms with Gasteiger partial charge in [0.2, 0.25) is 30.1 Å². The highest BCUT2D eigenvalue weighted by atomic mass is 32.2. The van der Waals surface area contributed by atoms with Crippen molar-refractivity contribution in [3.63, 3.8) is 0 Å². The molecule has 0 heterocycles. The molecule has 0 bridgehead atoms. The summed E-state index contributed by atoms with van der Waals surface area (Å²) in [6.07, 6.45) is 0. The molecule has 0 N–H and O–H groups in total. The largest absolute Gasteiger partial charge is 0.426 e. The molecular weight excluding hydrogens is 554 g/mol. The average molecular weight is 582 g/mol. The van der Waals surface area contributed by atoms with E-state index in [0.717, 1.165) is 19.0 Å². The van der Waals surface area contributed by atoms with Gasteiger partial charge in [-0.3, -0.25) is 4.79 Å². The van der Waals surface area contributed by atoms with Crippen molar-refractivity contribution in [2.45, 2.75) is 21.6 Å². The van der Waals surface area contributed by atoms with E-state index in [-0.39, 0.29) is 47.4 Å². The van der Waals surface area contributed by atoms with Gasteiger partial charge < -0.3 is 4.74 Å². The van der Waals surface area contributed by atoms with Crippen LogP contribution in [0, 0.1) is 0 Å². The summed E-state index contributed by atoms with van der Waals surface area (Å²) in [5.74, 6) is -0.752. The third kappa shape index (κ3) is 4.12. The summed E-state index contributed by atoms with van der Waals surface area (Å²) in [4.78, 5) is 11.2. The number of carbonyl (C=O) groups excluding carboxylic acids is 1. The standard InChI is InChI=1S/C24H27N3O8S3/c1-14(28)35-19-12-20(36(29,30)25(2)3)16-10-11-18-22(38(33,34)27(6)7)13-21(37(31,32)26(4)5)17-9-8-15(19)23(16)24(17)18/h8-13H,1-7H3. The topological polar surface area (TPSA) is 138 Å². The minimum Gasteiger partial charge on any atom is -0.426 e. The number of hydrogen-bond acceptors (Lipinski definition) is 8. The lowest BCUT2D eigenvalue weighted by molar-refractivity contribution is -0.131. The maximum absolute atomic E-state index is 13.4. The molecule has 14 heteroatoms. The van der Waals surface area contributed by atoms with E-state index in [1.165, 1.54) is 79.5 Å². The summed E-state index contributed by atoms with van der Waals surface area (Å²) in [6, 6.07) is 8.34. The number of carbonyl (C=O) groups is 1. The second kappa shape index (κ2) is 9.10. The molecule has 38 heavy (non-hydrogen) atoms. The molecule has 0 saturated heterocycles. The van der Waals surface area contributed by atoms with Gasteiger partial charge in [-0.25, -0.2) is 38.2 Å². The molecule has 0 fully saturated rings. The highest BCUT2D eigenvalue weighted by Gasteiger charge is 2.31. The van der Waals surface area contributed by atoms with Crippen LogP contribution in [0.2, 0.25) is 0 Å². The summed E-state index contributed by atoms with van der Waals surface area (Å²) < 4.78 is 88.6. The second-order valence-electron chi connectivity index (χ2n) is 9.27. The maximum Gasteiger partial charge on any atom is 0.308 e. The third-order valence-electron chi connectivity index (χ3n) is 6.28. The van der Waals surface area contributed by atoms with Gasteiger partial charge >= 0.3 is 5.97 Å². The van der Waals surface area contributed by atoms with Crippen LogP contribution >= 0.6 is 0 Å². The molecule has 0 amide bonds. The van der Waals surface area contributed by atoms with E-state index < -0.39 is 36.0 Å². The summed E-state index contributed by atoms with van der Waals surface area (Å²) in [5.41, 5.74) is 0. The molecular formula is C24H27N3O8S3. The zero-order valence-corrected chi connectivity index (χ0v) is 24.2. The Labute approximate surface area is 221 Å². The van der Waals surface area contributed by atoms with Gasteiger partial charge in [-0.05, 0) is 12.1 Å². The molecule has 0 aromatic heterocycles. The highest BCUT2D eigenvalue weighted by molar-refractivity contribution is 7.90. The van der Waals surface area contributed by atoms with Gasteiger partial charge in [0.25, 0.3) is 0 Å². The quantitative estimate of drug-likeness (QED) is 0.184. The van der Waals surface area contributed by atoms with Crippen LogP contribution in [0.3, 0.4) is 0 Å². The van der Waals surface area contributed by atoms with E-state index in [1.54, 1.807) is 0 Å². The van der Waals surface area contributed by atoms with Crippen LogP contribution in [0.15, 0.2) is 51.1 Å². The van der Waals surface area contributed by atoms with Crippen molar-refractivity contribution in [1.29, 1.82) is 0 Å². The predicted molar refractivity (Wildman–Crippen MR) is 144 cm³/mol. The fraction of sp³-hybridized carbons (Fsp3) is 0.292. The van der Waals surface area contributed by atoms with Gasteiger partial charge in [0, 0.05) is 87.6 Å². The zero-order chi connectivity index (χ0) is 28.5. The third-order valence-corrected chi connectivity index (χ3v) is 11.8. The molecule has 4 aromatic carbocycles. The lowest BCUT2D eigenvalue weighted by Crippen LogP contribution is -2.25. The first-order valence-corrected chi connectivity index (χ1v) is 15.5. The number of rotatable bonds is 7. The summed E-state index contributed by atoms with van der Waals surface area (Å²) in [7, 11) is -4.37. The first kappa shape index (κ1) is 28.1. The molecule has 204 valence electrons. The molecule has 0 aliphatic heterocycles. The first-order valence-electron chi connectivity index (χ1n) is 11.2. The maximum atomic E-state index is 13.4. The molecule has 0 radical (unpaired) electrons. The fourth-order valence-electron chi connectivity index (χ4n) is 4.34. The summed E-state index contributed by atoms with van der Waals surface area (Å²) >= 11 is 0. The van der Waals surface area contributed by atoms with E-state index >= 15 is 0 Å². The van der Waals surface area contributed by atoms with Crippen LogP contribution in [0.25, 0.3) is 32.3 Å². The van der Waals surface area contributed by atoms with Crippen LogP contribution in [0.4, 0.5) is 0 Å². The Morgan fingerprint density at radius 2 is 0.895 bits per heavy atom. The number of hydrogen-bond donors (Lipinski definition) is 0. The zero-order valence-electron chi connectivity index (χ0n) is 21.8. The van der Waals surface area contributed by atoms with Gasteiger partial charge in [-0.1, -0.05) is 18.2 Å². The van der Waals surface area contributed by atoms with Crippen LogP contribution < -0.4 is 4.74 Å². The summed E-state index contributed by atoms with van der Waals surface area (Å²) in [5, 5.41) is 1.39. The SMILES string of the molecule is CC(=O)Oc1cc(S(=O)(=O)N(C)C)c2ccc3c(S(=O)(=O)N(C)C)cc(S(=O)(=O)N(C)C)c4ccc1c2c43. The molecule has 0 spiro atoms. The van der Waals surface area contributed by atoms with E-state index in [0.29, 0.717) is 5.39 Å². The highest BCUT2D eigenvalue weighted by Crippen LogP contribution is 2.46. The van der Waals surface area contributed by atoms with Crippen LogP contribution in [0.5, 0.6) is 5.75 Å². The Bertz CT molecular complexity index is 1890. The number of benzene rings is 4. The number of nitrogens with zero attached hydrogens (tertiary/aromatic N) is 3. The van der Waals surface area contributed by atoms with Crippen molar-refractivity contribution in [2.24, 2.45) is 0 Å². The second-order valence-corrected chi connectivity index (χ2v) is 15.6. The Hall–Kier alpha value is -2.88. The van der Waals surface area contributed by atoms with E-state index in [2.05, 4.69) is 0 Å². The average Bonchev–Trinajstić information content (AvgIpc) is 2.81. The van der Waals surface area contributed by atoms with Crippen molar-refractivity contribution in [3.8, 4) is 5.75 Å². The van der Waals surface area contributed by atoms with Crippen LogP contribution in [-0.2, 0) is 34.9 Å². The Morgan fingerprint density at radius 1 is 0.579 bits per heavy atom. The van der Waals surface area contributed by atoms with Crippen molar-refractivity contribution >= 4 is 68.4 Å². The molecule has 0 aliphatic carbocycles. The number of esters is 1. The molecule has 0 saturated carbocycles. The number of sulfonamides is 3. The van der Waals surface area contributed by atoms with Crippen LogP contribution in [0.1, 0.15) is 6.92 Å². The Morgan fingerprint density at radius 3 is 1.24 bits per heavy atom. The van der Waals surface area contributed by atoms with E-state index in [9.17, 15) is 30.0 Å². The van der Waals surface area contributed by atoms with Crippen molar-refractivity contribution < 1.29 is 34.8 Å². The molecule has 11 nitrogen and oxygen atoms in total. The number of ether oxygens (including phenoxy) is 1. The van der Waals surface area contributed by atoms with E-state index in [1.807, 2.05) is 0 Å². The minimum atomic E-state index is -4.15. The lowest BCUT2D eigenvalue weighted by atomic mass is 9.93. The molecule has 4 rings (SSSR count).